The second-order valence-electron chi connectivity index (χ2n) is 8.97. The zero-order chi connectivity index (χ0) is 22.4. The summed E-state index contributed by atoms with van der Waals surface area (Å²) in [4.78, 5) is 14.8. The monoisotopic (exact) mass is 453 g/mol. The highest BCUT2D eigenvalue weighted by Crippen LogP contribution is 2.44. The van der Waals surface area contributed by atoms with Gasteiger partial charge in [0.15, 0.2) is 0 Å². The van der Waals surface area contributed by atoms with Gasteiger partial charge >= 0.3 is 0 Å². The lowest BCUT2D eigenvalue weighted by Crippen LogP contribution is -2.31. The molecule has 1 aliphatic carbocycles. The largest absolute Gasteiger partial charge is 0.497 e. The zero-order valence-electron chi connectivity index (χ0n) is 18.6. The Morgan fingerprint density at radius 3 is 2.62 bits per heavy atom. The van der Waals surface area contributed by atoms with Gasteiger partial charge < -0.3 is 14.4 Å². The lowest BCUT2D eigenvalue weighted by molar-refractivity contribution is -0.129. The molecule has 1 saturated carbocycles. The van der Waals surface area contributed by atoms with Crippen LogP contribution in [0.5, 0.6) is 11.5 Å². The normalized spacial score (nSPS) is 20.6. The molecule has 5 rings (SSSR count). The van der Waals surface area contributed by atoms with Crippen molar-refractivity contribution in [2.24, 2.45) is 5.92 Å². The molecule has 1 aliphatic heterocycles. The van der Waals surface area contributed by atoms with Crippen molar-refractivity contribution >= 4 is 23.0 Å². The number of fused-ring (bicyclic) bond motifs is 1. The van der Waals surface area contributed by atoms with Gasteiger partial charge in [0.2, 0.25) is 5.91 Å². The summed E-state index contributed by atoms with van der Waals surface area (Å²) >= 11 is 6.34. The van der Waals surface area contributed by atoms with E-state index in [1.165, 1.54) is 18.4 Å². The molecule has 1 aromatic carbocycles. The van der Waals surface area contributed by atoms with E-state index in [2.05, 4.69) is 12.0 Å². The van der Waals surface area contributed by atoms with E-state index < -0.39 is 0 Å². The van der Waals surface area contributed by atoms with Crippen molar-refractivity contribution in [1.82, 2.24) is 14.5 Å². The molecule has 0 radical (unpaired) electrons. The van der Waals surface area contributed by atoms with Gasteiger partial charge in [-0.15, -0.1) is 0 Å². The van der Waals surface area contributed by atoms with Crippen LogP contribution in [-0.4, -0.2) is 40.2 Å². The average Bonchev–Trinajstić information content (AvgIpc) is 3.42. The van der Waals surface area contributed by atoms with Crippen LogP contribution < -0.4 is 9.47 Å². The number of pyridine rings is 1. The number of benzene rings is 1. The Hall–Kier alpha value is -2.73. The lowest BCUT2D eigenvalue weighted by atomic mass is 10.0. The predicted octanol–water partition coefficient (Wildman–Crippen LogP) is 5.25. The number of carbonyl (C=O) groups is 1. The fraction of sp³-hybridized carbons (Fsp3) is 0.440. The quantitative estimate of drug-likeness (QED) is 0.490. The van der Waals surface area contributed by atoms with Crippen molar-refractivity contribution in [3.8, 4) is 11.5 Å². The van der Waals surface area contributed by atoms with E-state index in [9.17, 15) is 4.79 Å². The van der Waals surface area contributed by atoms with Gasteiger partial charge in [0.1, 0.15) is 23.1 Å². The van der Waals surface area contributed by atoms with Gasteiger partial charge in [-0.2, -0.15) is 5.10 Å². The highest BCUT2D eigenvalue weighted by molar-refractivity contribution is 6.30. The van der Waals surface area contributed by atoms with Gasteiger partial charge in [0.25, 0.3) is 0 Å². The average molecular weight is 454 g/mol. The number of hydrogen-bond donors (Lipinski definition) is 0. The molecule has 2 aliphatic rings. The predicted molar refractivity (Wildman–Crippen MR) is 123 cm³/mol. The number of methoxy groups -OCH3 is 1. The van der Waals surface area contributed by atoms with Crippen LogP contribution in [0.1, 0.15) is 56.2 Å². The number of hydrogen-bond acceptors (Lipinski definition) is 4. The van der Waals surface area contributed by atoms with Crippen molar-refractivity contribution in [3.05, 3.63) is 58.9 Å². The molecule has 3 unspecified atom stereocenters. The summed E-state index contributed by atoms with van der Waals surface area (Å²) in [5, 5.41) is 5.07. The van der Waals surface area contributed by atoms with Gasteiger partial charge in [-0.3, -0.25) is 4.79 Å². The van der Waals surface area contributed by atoms with Gasteiger partial charge in [-0.25, -0.2) is 4.52 Å². The lowest BCUT2D eigenvalue weighted by Gasteiger charge is -2.27. The molecule has 6 nitrogen and oxygen atoms in total. The maximum absolute atomic E-state index is 12.9. The van der Waals surface area contributed by atoms with Gasteiger partial charge in [0, 0.05) is 36.7 Å². The Bertz CT molecular complexity index is 1140. The van der Waals surface area contributed by atoms with Crippen LogP contribution in [0.2, 0.25) is 5.02 Å². The maximum Gasteiger partial charge on any atom is 0.223 e. The molecule has 0 N–H and O–H groups in total. The number of halogens is 1. The van der Waals surface area contributed by atoms with E-state index in [1.54, 1.807) is 7.11 Å². The van der Waals surface area contributed by atoms with E-state index in [0.717, 1.165) is 22.6 Å². The fourth-order valence-electron chi connectivity index (χ4n) is 4.67. The molecule has 3 atom stereocenters. The third kappa shape index (κ3) is 3.92. The molecular formula is C25H28ClN3O3. The molecule has 0 bridgehead atoms. The van der Waals surface area contributed by atoms with E-state index in [1.807, 2.05) is 59.1 Å². The molecule has 3 heterocycles. The number of ether oxygens (including phenoxy) is 2. The number of carbonyl (C=O) groups excluding carboxylic acids is 1. The van der Waals surface area contributed by atoms with Crippen LogP contribution in [0.4, 0.5) is 0 Å². The first-order chi connectivity index (χ1) is 15.4. The SMILES string of the molecule is COc1ccc(C(C)N2CC(C(C)Oc3cc(Cl)cn4ncc(C5CC5)c34)CC2=O)cc1. The van der Waals surface area contributed by atoms with Gasteiger partial charge in [0.05, 0.1) is 24.4 Å². The second-order valence-corrected chi connectivity index (χ2v) is 9.41. The number of amides is 1. The molecule has 2 aromatic heterocycles. The molecule has 0 spiro atoms. The smallest absolute Gasteiger partial charge is 0.223 e. The minimum absolute atomic E-state index is 0.000203. The molecule has 1 amide bonds. The summed E-state index contributed by atoms with van der Waals surface area (Å²) in [6.07, 6.45) is 6.47. The van der Waals surface area contributed by atoms with Crippen LogP contribution in [-0.2, 0) is 4.79 Å². The second kappa shape index (κ2) is 8.32. The zero-order valence-corrected chi connectivity index (χ0v) is 19.4. The Morgan fingerprint density at radius 1 is 1.19 bits per heavy atom. The number of aromatic nitrogens is 2. The summed E-state index contributed by atoms with van der Waals surface area (Å²) in [6.45, 7) is 4.78. The Morgan fingerprint density at radius 2 is 1.94 bits per heavy atom. The minimum atomic E-state index is -0.128. The van der Waals surface area contributed by atoms with E-state index >= 15 is 0 Å². The Balaban J connectivity index is 1.33. The highest BCUT2D eigenvalue weighted by Gasteiger charge is 2.37. The molecule has 2 fully saturated rings. The van der Waals surface area contributed by atoms with Crippen LogP contribution in [0, 0.1) is 5.92 Å². The molecule has 3 aromatic rings. The van der Waals surface area contributed by atoms with Crippen LogP contribution >= 0.6 is 11.6 Å². The van der Waals surface area contributed by atoms with Crippen molar-refractivity contribution in [1.29, 1.82) is 0 Å². The van der Waals surface area contributed by atoms with Crippen molar-refractivity contribution in [2.45, 2.75) is 51.2 Å². The summed E-state index contributed by atoms with van der Waals surface area (Å²) in [5.41, 5.74) is 3.32. The Labute approximate surface area is 193 Å². The number of rotatable bonds is 7. The first kappa shape index (κ1) is 21.1. The first-order valence-corrected chi connectivity index (χ1v) is 11.6. The maximum atomic E-state index is 12.9. The van der Waals surface area contributed by atoms with Gasteiger partial charge in [-0.1, -0.05) is 23.7 Å². The summed E-state index contributed by atoms with van der Waals surface area (Å²) < 4.78 is 13.5. The Kier molecular flexibility index (Phi) is 5.49. The third-order valence-corrected chi connectivity index (χ3v) is 7.03. The summed E-state index contributed by atoms with van der Waals surface area (Å²) in [7, 11) is 1.65. The first-order valence-electron chi connectivity index (χ1n) is 11.2. The summed E-state index contributed by atoms with van der Waals surface area (Å²) in [5.74, 6) is 2.38. The van der Waals surface area contributed by atoms with Crippen molar-refractivity contribution in [3.63, 3.8) is 0 Å². The molecule has 32 heavy (non-hydrogen) atoms. The minimum Gasteiger partial charge on any atom is -0.497 e. The standard InChI is InChI=1S/C25H28ClN3O3/c1-15(17-6-8-21(31-3)9-7-17)28-13-19(10-24(28)30)16(2)32-23-11-20(26)14-29-25(23)22(12-27-29)18-4-5-18/h6-9,11-12,14-16,18-19H,4-5,10,13H2,1-3H3. The fourth-order valence-corrected chi connectivity index (χ4v) is 4.86. The van der Waals surface area contributed by atoms with Crippen LogP contribution in [0.3, 0.4) is 0 Å². The van der Waals surface area contributed by atoms with Gasteiger partial charge in [-0.05, 0) is 50.3 Å². The van der Waals surface area contributed by atoms with Crippen molar-refractivity contribution in [2.75, 3.05) is 13.7 Å². The number of likely N-dealkylation sites (tertiary alicyclic amines) is 1. The van der Waals surface area contributed by atoms with Crippen LogP contribution in [0.15, 0.2) is 42.7 Å². The molecule has 168 valence electrons. The number of nitrogens with zero attached hydrogens (tertiary/aromatic N) is 3. The van der Waals surface area contributed by atoms with Crippen molar-refractivity contribution < 1.29 is 14.3 Å². The molecule has 7 heteroatoms. The molecular weight excluding hydrogens is 426 g/mol. The summed E-state index contributed by atoms with van der Waals surface area (Å²) in [6, 6.07) is 9.78. The van der Waals surface area contributed by atoms with E-state index in [-0.39, 0.29) is 24.0 Å². The third-order valence-electron chi connectivity index (χ3n) is 6.82. The van der Waals surface area contributed by atoms with Crippen LogP contribution in [0.25, 0.3) is 5.52 Å². The van der Waals surface area contributed by atoms with E-state index in [4.69, 9.17) is 21.1 Å². The highest BCUT2D eigenvalue weighted by atomic mass is 35.5. The van der Waals surface area contributed by atoms with E-state index in [0.29, 0.717) is 23.9 Å². The topological polar surface area (TPSA) is 56.1 Å². The molecule has 1 saturated heterocycles.